The summed E-state index contributed by atoms with van der Waals surface area (Å²) in [5.41, 5.74) is 10.6. The monoisotopic (exact) mass is 419 g/mol. The van der Waals surface area contributed by atoms with Crippen LogP contribution in [-0.2, 0) is 4.79 Å². The lowest BCUT2D eigenvalue weighted by atomic mass is 9.99. The van der Waals surface area contributed by atoms with Gasteiger partial charge in [0, 0.05) is 18.0 Å². The molecule has 1 atom stereocenters. The van der Waals surface area contributed by atoms with Crippen LogP contribution in [0.4, 0.5) is 5.00 Å². The maximum absolute atomic E-state index is 12.2. The summed E-state index contributed by atoms with van der Waals surface area (Å²) in [5.74, 6) is -0.164. The molecule has 6 nitrogen and oxygen atoms in total. The van der Waals surface area contributed by atoms with E-state index < -0.39 is 11.9 Å². The summed E-state index contributed by atoms with van der Waals surface area (Å²) in [6.07, 6.45) is 4.16. The summed E-state index contributed by atoms with van der Waals surface area (Å²) < 4.78 is 4.53. The molecule has 0 fully saturated rings. The van der Waals surface area contributed by atoms with Crippen molar-refractivity contribution in [2.75, 3.05) is 11.4 Å². The fourth-order valence-corrected chi connectivity index (χ4v) is 4.46. The molecule has 0 spiro atoms. The third-order valence-electron chi connectivity index (χ3n) is 4.91. The van der Waals surface area contributed by atoms with Gasteiger partial charge in [0.2, 0.25) is 5.91 Å². The number of pyridine rings is 1. The molecular weight excluding hydrogens is 394 g/mol. The van der Waals surface area contributed by atoms with Crippen LogP contribution in [0.2, 0.25) is 0 Å². The Labute approximate surface area is 181 Å². The van der Waals surface area contributed by atoms with E-state index in [1.54, 1.807) is 11.1 Å². The maximum Gasteiger partial charge on any atom is 0.240 e. The molecule has 0 bridgehead atoms. The van der Waals surface area contributed by atoms with Crippen molar-refractivity contribution in [3.05, 3.63) is 54.5 Å². The Kier molecular flexibility index (Phi) is 6.80. The summed E-state index contributed by atoms with van der Waals surface area (Å²) in [6, 6.07) is 13.7. The number of carbonyl (C=O) groups excluding carboxylic acids is 1. The molecule has 1 amide bonds. The quantitative estimate of drug-likeness (QED) is 0.546. The predicted molar refractivity (Wildman–Crippen MR) is 121 cm³/mol. The van der Waals surface area contributed by atoms with Crippen molar-refractivity contribution in [3.63, 3.8) is 0 Å². The molecule has 0 saturated carbocycles. The zero-order chi connectivity index (χ0) is 21.7. The van der Waals surface area contributed by atoms with E-state index in [1.165, 1.54) is 11.5 Å². The second-order valence-corrected chi connectivity index (χ2v) is 8.35. The number of hydrogen-bond acceptors (Lipinski definition) is 6. The van der Waals surface area contributed by atoms with Crippen LogP contribution < -0.4 is 10.6 Å². The van der Waals surface area contributed by atoms with Gasteiger partial charge in [0.15, 0.2) is 0 Å². The number of amides is 1. The number of aryl methyl sites for hydroxylation is 1. The second kappa shape index (κ2) is 9.51. The Bertz CT molecular complexity index is 1040. The Morgan fingerprint density at radius 2 is 1.90 bits per heavy atom. The number of primary amides is 1. The summed E-state index contributed by atoms with van der Waals surface area (Å²) >= 11 is 1.30. The summed E-state index contributed by atoms with van der Waals surface area (Å²) in [6.45, 7) is 6.09. The fourth-order valence-electron chi connectivity index (χ4n) is 3.49. The molecule has 154 valence electrons. The van der Waals surface area contributed by atoms with Crippen LogP contribution in [0.25, 0.3) is 22.3 Å². The minimum absolute atomic E-state index is 0.0722. The van der Waals surface area contributed by atoms with Gasteiger partial charge in [-0.15, -0.1) is 0 Å². The van der Waals surface area contributed by atoms with Crippen LogP contribution in [0, 0.1) is 24.2 Å². The molecule has 3 aromatic rings. The first kappa shape index (κ1) is 21.5. The largest absolute Gasteiger partial charge is 0.368 e. The number of aromatic nitrogens is 2. The van der Waals surface area contributed by atoms with E-state index in [0.717, 1.165) is 32.9 Å². The van der Waals surface area contributed by atoms with Crippen LogP contribution in [0.5, 0.6) is 0 Å². The van der Waals surface area contributed by atoms with Gasteiger partial charge in [-0.25, -0.2) is 0 Å². The molecule has 1 aromatic carbocycles. The van der Waals surface area contributed by atoms with E-state index in [0.29, 0.717) is 6.42 Å². The first-order valence-electron chi connectivity index (χ1n) is 9.82. The average Bonchev–Trinajstić information content (AvgIpc) is 3.12. The molecule has 0 unspecified atom stereocenters. The molecule has 30 heavy (non-hydrogen) atoms. The summed E-state index contributed by atoms with van der Waals surface area (Å²) in [7, 11) is 0. The second-order valence-electron chi connectivity index (χ2n) is 7.60. The van der Waals surface area contributed by atoms with Crippen LogP contribution >= 0.6 is 11.5 Å². The third-order valence-corrected chi connectivity index (χ3v) is 5.89. The zero-order valence-corrected chi connectivity index (χ0v) is 18.2. The van der Waals surface area contributed by atoms with E-state index in [4.69, 9.17) is 5.73 Å². The Hall–Kier alpha value is -3.24. The SMILES string of the molecule is Cc1nsc(N(CC#N)[C@@H](CC(C)C)C(N)=O)c1-c1ccc(-c2cccnc2)cc1. The molecule has 2 aromatic heterocycles. The highest BCUT2D eigenvalue weighted by molar-refractivity contribution is 7.11. The van der Waals surface area contributed by atoms with Crippen molar-refractivity contribution in [1.29, 1.82) is 5.26 Å². The van der Waals surface area contributed by atoms with Gasteiger partial charge in [0.1, 0.15) is 17.6 Å². The van der Waals surface area contributed by atoms with Crippen molar-refractivity contribution < 1.29 is 4.79 Å². The number of nitrogens with two attached hydrogens (primary N) is 1. The first-order valence-corrected chi connectivity index (χ1v) is 10.6. The molecule has 3 rings (SSSR count). The molecule has 2 N–H and O–H groups in total. The number of anilines is 1. The minimum Gasteiger partial charge on any atom is -0.368 e. The number of nitrogens with zero attached hydrogens (tertiary/aromatic N) is 4. The van der Waals surface area contributed by atoms with Gasteiger partial charge >= 0.3 is 0 Å². The van der Waals surface area contributed by atoms with Gasteiger partial charge in [-0.05, 0) is 53.6 Å². The highest BCUT2D eigenvalue weighted by atomic mass is 32.1. The van der Waals surface area contributed by atoms with Crippen molar-refractivity contribution in [2.24, 2.45) is 11.7 Å². The molecule has 7 heteroatoms. The lowest BCUT2D eigenvalue weighted by Crippen LogP contribution is -2.46. The smallest absolute Gasteiger partial charge is 0.240 e. The number of benzene rings is 1. The van der Waals surface area contributed by atoms with Crippen molar-refractivity contribution >= 4 is 22.4 Å². The van der Waals surface area contributed by atoms with Gasteiger partial charge in [0.05, 0.1) is 11.8 Å². The lowest BCUT2D eigenvalue weighted by molar-refractivity contribution is -0.119. The fraction of sp³-hybridized carbons (Fsp3) is 0.304. The van der Waals surface area contributed by atoms with Gasteiger partial charge in [0.25, 0.3) is 0 Å². The Balaban J connectivity index is 2.02. The molecule has 0 aliphatic rings. The summed E-state index contributed by atoms with van der Waals surface area (Å²) in [4.78, 5) is 18.2. The number of rotatable bonds is 8. The van der Waals surface area contributed by atoms with Gasteiger partial charge in [-0.1, -0.05) is 44.2 Å². The predicted octanol–water partition coefficient (Wildman–Crippen LogP) is 4.41. The minimum atomic E-state index is -0.557. The summed E-state index contributed by atoms with van der Waals surface area (Å²) in [5, 5.41) is 10.2. The van der Waals surface area contributed by atoms with Crippen LogP contribution in [-0.4, -0.2) is 27.9 Å². The molecule has 0 saturated heterocycles. The van der Waals surface area contributed by atoms with E-state index in [1.807, 2.05) is 63.4 Å². The van der Waals surface area contributed by atoms with Crippen molar-refractivity contribution in [2.45, 2.75) is 33.2 Å². The standard InChI is InChI=1S/C23H25N5OS/c1-15(2)13-20(22(25)29)28(12-10-24)23-21(16(3)27-30-23)18-8-6-17(7-9-18)19-5-4-11-26-14-19/h4-9,11,14-15,20H,12-13H2,1-3H3,(H2,25,29)/t20-/m0/s1. The van der Waals surface area contributed by atoms with Crippen LogP contribution in [0.1, 0.15) is 26.0 Å². The average molecular weight is 420 g/mol. The molecular formula is C23H25N5OS. The van der Waals surface area contributed by atoms with E-state index in [-0.39, 0.29) is 12.5 Å². The van der Waals surface area contributed by atoms with Gasteiger partial charge < -0.3 is 10.6 Å². The number of hydrogen-bond donors (Lipinski definition) is 1. The van der Waals surface area contributed by atoms with E-state index in [9.17, 15) is 10.1 Å². The number of carbonyl (C=O) groups is 1. The highest BCUT2D eigenvalue weighted by Crippen LogP contribution is 2.39. The topological polar surface area (TPSA) is 95.9 Å². The zero-order valence-electron chi connectivity index (χ0n) is 17.4. The van der Waals surface area contributed by atoms with Gasteiger partial charge in [-0.2, -0.15) is 9.64 Å². The Morgan fingerprint density at radius 1 is 1.20 bits per heavy atom. The third kappa shape index (κ3) is 4.66. The molecule has 2 heterocycles. The first-order chi connectivity index (χ1) is 14.4. The van der Waals surface area contributed by atoms with Crippen molar-refractivity contribution in [3.8, 4) is 28.3 Å². The van der Waals surface area contributed by atoms with Crippen LogP contribution in [0.15, 0.2) is 48.8 Å². The van der Waals surface area contributed by atoms with Crippen molar-refractivity contribution in [1.82, 2.24) is 9.36 Å². The lowest BCUT2D eigenvalue weighted by Gasteiger charge is -2.30. The molecule has 0 aliphatic carbocycles. The normalized spacial score (nSPS) is 11.8. The number of nitriles is 1. The Morgan fingerprint density at radius 3 is 2.47 bits per heavy atom. The van der Waals surface area contributed by atoms with E-state index in [2.05, 4.69) is 15.4 Å². The van der Waals surface area contributed by atoms with E-state index >= 15 is 0 Å². The molecule has 0 radical (unpaired) electrons. The molecule has 0 aliphatic heterocycles. The highest BCUT2D eigenvalue weighted by Gasteiger charge is 2.29. The van der Waals surface area contributed by atoms with Crippen LogP contribution in [0.3, 0.4) is 0 Å². The maximum atomic E-state index is 12.2. The van der Waals surface area contributed by atoms with Gasteiger partial charge in [-0.3, -0.25) is 9.78 Å².